The van der Waals surface area contributed by atoms with E-state index < -0.39 is 0 Å². The van der Waals surface area contributed by atoms with Crippen molar-refractivity contribution < 1.29 is 4.79 Å². The quantitative estimate of drug-likeness (QED) is 0.810. The number of benzene rings is 2. The second-order valence-corrected chi connectivity index (χ2v) is 7.64. The highest BCUT2D eigenvalue weighted by molar-refractivity contribution is 8.38. The fourth-order valence-electron chi connectivity index (χ4n) is 2.14. The Morgan fingerprint density at radius 3 is 3.00 bits per heavy atom. The van der Waals surface area contributed by atoms with Gasteiger partial charge in [0.15, 0.2) is 0 Å². The van der Waals surface area contributed by atoms with Crippen LogP contribution in [0.3, 0.4) is 0 Å². The van der Waals surface area contributed by atoms with Gasteiger partial charge in [0.25, 0.3) is 0 Å². The van der Waals surface area contributed by atoms with Crippen LogP contribution in [0.2, 0.25) is 5.02 Å². The Bertz CT molecular complexity index is 777. The summed E-state index contributed by atoms with van der Waals surface area (Å²) in [5.41, 5.74) is 3.87. The third-order valence-electron chi connectivity index (χ3n) is 3.42. The molecule has 0 saturated carbocycles. The molecule has 0 aliphatic carbocycles. The molecule has 1 heterocycles. The number of halogens is 1. The lowest BCUT2D eigenvalue weighted by Crippen LogP contribution is -2.16. The number of carbonyl (C=O) groups is 1. The SMILES string of the molecule is Cc1c(Cl)cccc1NC(=O)CSC1=Nc2ccccc2CS1. The van der Waals surface area contributed by atoms with E-state index in [0.717, 1.165) is 27.1 Å². The monoisotopic (exact) mass is 362 g/mol. The molecule has 0 saturated heterocycles. The Balaban J connectivity index is 1.60. The maximum Gasteiger partial charge on any atom is 0.234 e. The van der Waals surface area contributed by atoms with Crippen LogP contribution in [0.5, 0.6) is 0 Å². The Morgan fingerprint density at radius 2 is 2.13 bits per heavy atom. The molecule has 3 nitrogen and oxygen atoms in total. The molecular weight excluding hydrogens is 348 g/mol. The average Bonchev–Trinajstić information content (AvgIpc) is 2.57. The molecule has 1 aliphatic heterocycles. The largest absolute Gasteiger partial charge is 0.325 e. The van der Waals surface area contributed by atoms with Crippen LogP contribution in [0.25, 0.3) is 0 Å². The number of hydrogen-bond donors (Lipinski definition) is 1. The van der Waals surface area contributed by atoms with Gasteiger partial charge in [-0.3, -0.25) is 4.79 Å². The van der Waals surface area contributed by atoms with E-state index in [-0.39, 0.29) is 5.91 Å². The molecule has 0 bridgehead atoms. The molecule has 23 heavy (non-hydrogen) atoms. The van der Waals surface area contributed by atoms with Gasteiger partial charge in [0, 0.05) is 16.5 Å². The third kappa shape index (κ3) is 4.10. The number of nitrogens with one attached hydrogen (secondary N) is 1. The van der Waals surface area contributed by atoms with Crippen LogP contribution in [-0.4, -0.2) is 16.0 Å². The summed E-state index contributed by atoms with van der Waals surface area (Å²) in [6.07, 6.45) is 0. The zero-order chi connectivity index (χ0) is 16.2. The summed E-state index contributed by atoms with van der Waals surface area (Å²) in [6, 6.07) is 13.6. The minimum absolute atomic E-state index is 0.0532. The van der Waals surface area contributed by atoms with E-state index in [9.17, 15) is 4.79 Å². The maximum atomic E-state index is 12.1. The van der Waals surface area contributed by atoms with E-state index in [1.807, 2.05) is 43.3 Å². The van der Waals surface area contributed by atoms with E-state index in [1.165, 1.54) is 17.3 Å². The summed E-state index contributed by atoms with van der Waals surface area (Å²) in [4.78, 5) is 16.7. The van der Waals surface area contributed by atoms with Gasteiger partial charge in [-0.1, -0.05) is 59.4 Å². The first kappa shape index (κ1) is 16.4. The number of carbonyl (C=O) groups excluding carboxylic acids is 1. The summed E-state index contributed by atoms with van der Waals surface area (Å²) >= 11 is 9.20. The van der Waals surface area contributed by atoms with Crippen molar-refractivity contribution in [2.24, 2.45) is 4.99 Å². The van der Waals surface area contributed by atoms with Crippen LogP contribution in [0.15, 0.2) is 47.5 Å². The van der Waals surface area contributed by atoms with Crippen LogP contribution in [0.1, 0.15) is 11.1 Å². The smallest absolute Gasteiger partial charge is 0.234 e. The first-order valence-corrected chi connectivity index (χ1v) is 9.45. The highest BCUT2D eigenvalue weighted by atomic mass is 35.5. The van der Waals surface area contributed by atoms with Crippen LogP contribution in [-0.2, 0) is 10.5 Å². The van der Waals surface area contributed by atoms with E-state index >= 15 is 0 Å². The third-order valence-corrected chi connectivity index (χ3v) is 6.08. The van der Waals surface area contributed by atoms with E-state index in [2.05, 4.69) is 16.4 Å². The molecule has 1 N–H and O–H groups in total. The zero-order valence-corrected chi connectivity index (χ0v) is 14.9. The highest BCUT2D eigenvalue weighted by Gasteiger charge is 2.14. The van der Waals surface area contributed by atoms with Crippen molar-refractivity contribution in [2.45, 2.75) is 12.7 Å². The number of para-hydroxylation sites is 1. The van der Waals surface area contributed by atoms with E-state index in [0.29, 0.717) is 10.8 Å². The van der Waals surface area contributed by atoms with Crippen LogP contribution in [0, 0.1) is 6.92 Å². The molecule has 2 aromatic rings. The number of fused-ring (bicyclic) bond motifs is 1. The first-order valence-electron chi connectivity index (χ1n) is 7.10. The molecular formula is C17H15ClN2OS2. The first-order chi connectivity index (χ1) is 11.1. The summed E-state index contributed by atoms with van der Waals surface area (Å²) in [5.74, 6) is 1.18. The molecule has 2 aromatic carbocycles. The number of thioether (sulfide) groups is 2. The Hall–Kier alpha value is -1.43. The number of rotatable bonds is 3. The predicted octanol–water partition coefficient (Wildman–Crippen LogP) is 5.25. The Kier molecular flexibility index (Phi) is 5.30. The van der Waals surface area contributed by atoms with Crippen molar-refractivity contribution in [2.75, 3.05) is 11.1 Å². The van der Waals surface area contributed by atoms with Gasteiger partial charge in [0.2, 0.25) is 5.91 Å². The molecule has 0 unspecified atom stereocenters. The van der Waals surface area contributed by atoms with Crippen LogP contribution in [0.4, 0.5) is 11.4 Å². The minimum atomic E-state index is -0.0532. The molecule has 3 rings (SSSR count). The fourth-order valence-corrected chi connectivity index (χ4v) is 4.18. The summed E-state index contributed by atoms with van der Waals surface area (Å²) in [5, 5.41) is 3.55. The molecule has 0 atom stereocenters. The van der Waals surface area contributed by atoms with Gasteiger partial charge in [-0.25, -0.2) is 4.99 Å². The van der Waals surface area contributed by atoms with Crippen molar-refractivity contribution >= 4 is 56.8 Å². The summed E-state index contributed by atoms with van der Waals surface area (Å²) < 4.78 is 0.932. The molecule has 0 aromatic heterocycles. The number of hydrogen-bond acceptors (Lipinski definition) is 4. The van der Waals surface area contributed by atoms with Gasteiger partial charge in [0.05, 0.1) is 11.4 Å². The predicted molar refractivity (Wildman–Crippen MR) is 102 cm³/mol. The Labute approximate surface area is 148 Å². The van der Waals surface area contributed by atoms with Crippen molar-refractivity contribution in [1.29, 1.82) is 0 Å². The molecule has 118 valence electrons. The molecule has 0 radical (unpaired) electrons. The van der Waals surface area contributed by atoms with Gasteiger partial charge in [-0.05, 0) is 36.2 Å². The molecule has 0 fully saturated rings. The van der Waals surface area contributed by atoms with Gasteiger partial charge < -0.3 is 5.32 Å². The van der Waals surface area contributed by atoms with Crippen molar-refractivity contribution in [3.05, 3.63) is 58.6 Å². The highest BCUT2D eigenvalue weighted by Crippen LogP contribution is 2.34. The molecule has 0 spiro atoms. The average molecular weight is 363 g/mol. The topological polar surface area (TPSA) is 41.5 Å². The number of anilines is 1. The normalized spacial score (nSPS) is 13.2. The van der Waals surface area contributed by atoms with Crippen molar-refractivity contribution in [3.63, 3.8) is 0 Å². The van der Waals surface area contributed by atoms with Crippen molar-refractivity contribution in [1.82, 2.24) is 0 Å². The van der Waals surface area contributed by atoms with E-state index in [1.54, 1.807) is 11.8 Å². The second-order valence-electron chi connectivity index (χ2n) is 5.04. The fraction of sp³-hybridized carbons (Fsp3) is 0.176. The number of nitrogens with zero attached hydrogens (tertiary/aromatic N) is 1. The maximum absolute atomic E-state index is 12.1. The van der Waals surface area contributed by atoms with Crippen molar-refractivity contribution in [3.8, 4) is 0 Å². The number of amides is 1. The zero-order valence-electron chi connectivity index (χ0n) is 12.5. The van der Waals surface area contributed by atoms with Crippen LogP contribution >= 0.6 is 35.1 Å². The van der Waals surface area contributed by atoms with E-state index in [4.69, 9.17) is 11.6 Å². The standard InChI is InChI=1S/C17H15ClN2OS2/c1-11-13(18)6-4-8-14(11)19-16(21)10-23-17-20-15-7-3-2-5-12(15)9-22-17/h2-8H,9-10H2,1H3,(H,19,21). The lowest BCUT2D eigenvalue weighted by atomic mass is 10.2. The minimum Gasteiger partial charge on any atom is -0.325 e. The lowest BCUT2D eigenvalue weighted by Gasteiger charge is -2.14. The molecule has 6 heteroatoms. The molecule has 1 aliphatic rings. The van der Waals surface area contributed by atoms with Gasteiger partial charge >= 0.3 is 0 Å². The van der Waals surface area contributed by atoms with Gasteiger partial charge in [-0.2, -0.15) is 0 Å². The summed E-state index contributed by atoms with van der Waals surface area (Å²) in [6.45, 7) is 1.89. The number of aliphatic imine (C=N–C) groups is 1. The molecule has 1 amide bonds. The lowest BCUT2D eigenvalue weighted by molar-refractivity contribution is -0.113. The van der Waals surface area contributed by atoms with Gasteiger partial charge in [0.1, 0.15) is 4.38 Å². The Morgan fingerprint density at radius 1 is 1.30 bits per heavy atom. The summed E-state index contributed by atoms with van der Waals surface area (Å²) in [7, 11) is 0. The van der Waals surface area contributed by atoms with Crippen LogP contribution < -0.4 is 5.32 Å². The van der Waals surface area contributed by atoms with Gasteiger partial charge in [-0.15, -0.1) is 0 Å². The second kappa shape index (κ2) is 7.43.